The van der Waals surface area contributed by atoms with Crippen LogP contribution in [0.1, 0.15) is 43.8 Å². The highest BCUT2D eigenvalue weighted by Crippen LogP contribution is 2.13. The summed E-state index contributed by atoms with van der Waals surface area (Å²) in [4.78, 5) is 14.3. The first-order chi connectivity index (χ1) is 8.43. The summed E-state index contributed by atoms with van der Waals surface area (Å²) in [6, 6.07) is 1.73. The molecule has 0 atom stereocenters. The van der Waals surface area contributed by atoms with Crippen molar-refractivity contribution >= 4 is 5.91 Å². The van der Waals surface area contributed by atoms with Crippen LogP contribution in [0.25, 0.3) is 0 Å². The van der Waals surface area contributed by atoms with Gasteiger partial charge in [0.15, 0.2) is 0 Å². The van der Waals surface area contributed by atoms with Crippen LogP contribution in [0.5, 0.6) is 0 Å². The molecule has 1 amide bonds. The van der Waals surface area contributed by atoms with Gasteiger partial charge in [-0.25, -0.2) is 0 Å². The number of hydrogen-bond donors (Lipinski definition) is 1. The van der Waals surface area contributed by atoms with Crippen molar-refractivity contribution in [3.8, 4) is 0 Å². The predicted molar refractivity (Wildman–Crippen MR) is 72.2 cm³/mol. The maximum absolute atomic E-state index is 12.4. The van der Waals surface area contributed by atoms with E-state index in [-0.39, 0.29) is 5.91 Å². The Hall–Kier alpha value is -1.29. The Balaban J connectivity index is 2.80. The number of amides is 1. The molecule has 0 aliphatic rings. The molecule has 0 aromatic carbocycles. The van der Waals surface area contributed by atoms with Crippen molar-refractivity contribution in [2.24, 2.45) is 17.6 Å². The van der Waals surface area contributed by atoms with Crippen LogP contribution in [0.4, 0.5) is 0 Å². The molecule has 18 heavy (non-hydrogen) atoms. The highest BCUT2D eigenvalue weighted by Gasteiger charge is 2.19. The minimum Gasteiger partial charge on any atom is -0.467 e. The number of hydrogen-bond acceptors (Lipinski definition) is 3. The van der Waals surface area contributed by atoms with Crippen molar-refractivity contribution in [2.45, 2.75) is 34.2 Å². The Kier molecular flexibility index (Phi) is 5.41. The van der Waals surface area contributed by atoms with Gasteiger partial charge in [0.25, 0.3) is 5.91 Å². The molecule has 0 aliphatic heterocycles. The third kappa shape index (κ3) is 4.18. The van der Waals surface area contributed by atoms with Gasteiger partial charge < -0.3 is 15.1 Å². The van der Waals surface area contributed by atoms with E-state index >= 15 is 0 Å². The summed E-state index contributed by atoms with van der Waals surface area (Å²) in [5.41, 5.74) is 6.08. The molecular weight excluding hydrogens is 228 g/mol. The lowest BCUT2D eigenvalue weighted by Gasteiger charge is -2.25. The van der Waals surface area contributed by atoms with Crippen molar-refractivity contribution < 1.29 is 9.21 Å². The van der Waals surface area contributed by atoms with E-state index in [1.54, 1.807) is 6.07 Å². The van der Waals surface area contributed by atoms with Gasteiger partial charge in [-0.2, -0.15) is 0 Å². The van der Waals surface area contributed by atoms with E-state index in [1.165, 1.54) is 6.26 Å². The van der Waals surface area contributed by atoms with Crippen LogP contribution in [-0.2, 0) is 6.54 Å². The van der Waals surface area contributed by atoms with Crippen LogP contribution in [0.3, 0.4) is 0 Å². The lowest BCUT2D eigenvalue weighted by Crippen LogP contribution is -2.36. The summed E-state index contributed by atoms with van der Waals surface area (Å²) >= 11 is 0. The summed E-state index contributed by atoms with van der Waals surface area (Å²) in [7, 11) is 0. The summed E-state index contributed by atoms with van der Waals surface area (Å²) in [5, 5.41) is 0. The fraction of sp³-hybridized carbons (Fsp3) is 0.643. The van der Waals surface area contributed by atoms with E-state index in [4.69, 9.17) is 10.2 Å². The van der Waals surface area contributed by atoms with Gasteiger partial charge in [0, 0.05) is 13.1 Å². The summed E-state index contributed by atoms with van der Waals surface area (Å²) in [6.07, 6.45) is 1.50. The van der Waals surface area contributed by atoms with Gasteiger partial charge in [-0.3, -0.25) is 4.79 Å². The SMILES string of the molecule is CC(C)CN(CC(C)C)C(=O)c1coc(CN)c1. The van der Waals surface area contributed by atoms with Crippen LogP contribution < -0.4 is 5.73 Å². The third-order valence-corrected chi connectivity index (χ3v) is 2.56. The van der Waals surface area contributed by atoms with Gasteiger partial charge in [0.1, 0.15) is 12.0 Å². The number of nitrogens with two attached hydrogens (primary N) is 1. The quantitative estimate of drug-likeness (QED) is 0.846. The van der Waals surface area contributed by atoms with Crippen molar-refractivity contribution in [3.05, 3.63) is 23.7 Å². The van der Waals surface area contributed by atoms with E-state index in [0.717, 1.165) is 13.1 Å². The summed E-state index contributed by atoms with van der Waals surface area (Å²) < 4.78 is 5.22. The summed E-state index contributed by atoms with van der Waals surface area (Å²) in [6.45, 7) is 10.3. The molecule has 0 radical (unpaired) electrons. The number of rotatable bonds is 6. The first-order valence-electron chi connectivity index (χ1n) is 6.50. The standard InChI is InChI=1S/C14H24N2O2/c1-10(2)7-16(8-11(3)4)14(17)12-5-13(6-15)18-9-12/h5,9-11H,6-8,15H2,1-4H3. The molecule has 1 rings (SSSR count). The zero-order valence-corrected chi connectivity index (χ0v) is 11.8. The van der Waals surface area contributed by atoms with Gasteiger partial charge in [-0.05, 0) is 17.9 Å². The number of nitrogens with zero attached hydrogens (tertiary/aromatic N) is 1. The average molecular weight is 252 g/mol. The Labute approximate surface area is 109 Å². The zero-order chi connectivity index (χ0) is 13.7. The maximum atomic E-state index is 12.4. The fourth-order valence-electron chi connectivity index (χ4n) is 1.90. The Morgan fingerprint density at radius 1 is 1.28 bits per heavy atom. The van der Waals surface area contributed by atoms with Gasteiger partial charge >= 0.3 is 0 Å². The lowest BCUT2D eigenvalue weighted by atomic mass is 10.1. The molecule has 1 heterocycles. The zero-order valence-electron chi connectivity index (χ0n) is 11.8. The molecule has 0 fully saturated rings. The Morgan fingerprint density at radius 3 is 2.22 bits per heavy atom. The molecule has 0 saturated heterocycles. The van der Waals surface area contributed by atoms with E-state index < -0.39 is 0 Å². The predicted octanol–water partition coefficient (Wildman–Crippen LogP) is 2.49. The monoisotopic (exact) mass is 252 g/mol. The topological polar surface area (TPSA) is 59.5 Å². The number of carbonyl (C=O) groups excluding carboxylic acids is 1. The van der Waals surface area contributed by atoms with Crippen LogP contribution in [-0.4, -0.2) is 23.9 Å². The Morgan fingerprint density at radius 2 is 1.83 bits per heavy atom. The fourth-order valence-corrected chi connectivity index (χ4v) is 1.90. The molecule has 1 aromatic rings. The lowest BCUT2D eigenvalue weighted by molar-refractivity contribution is 0.0714. The molecule has 102 valence electrons. The van der Waals surface area contributed by atoms with Crippen LogP contribution >= 0.6 is 0 Å². The molecule has 0 spiro atoms. The molecule has 0 unspecified atom stereocenters. The normalized spacial score (nSPS) is 11.3. The van der Waals surface area contributed by atoms with E-state index in [2.05, 4.69) is 27.7 Å². The highest BCUT2D eigenvalue weighted by molar-refractivity contribution is 5.94. The van der Waals surface area contributed by atoms with Gasteiger partial charge in [0.2, 0.25) is 0 Å². The number of furan rings is 1. The highest BCUT2D eigenvalue weighted by atomic mass is 16.3. The van der Waals surface area contributed by atoms with Gasteiger partial charge in [0.05, 0.1) is 12.1 Å². The number of carbonyl (C=O) groups is 1. The van der Waals surface area contributed by atoms with Crippen molar-refractivity contribution in [1.82, 2.24) is 4.90 Å². The Bertz CT molecular complexity index is 373. The minimum atomic E-state index is 0.0286. The van der Waals surface area contributed by atoms with Crippen molar-refractivity contribution in [1.29, 1.82) is 0 Å². The van der Waals surface area contributed by atoms with E-state index in [9.17, 15) is 4.79 Å². The molecule has 1 aromatic heterocycles. The third-order valence-electron chi connectivity index (χ3n) is 2.56. The molecule has 2 N–H and O–H groups in total. The second-order valence-corrected chi connectivity index (χ2v) is 5.50. The first-order valence-corrected chi connectivity index (χ1v) is 6.50. The maximum Gasteiger partial charge on any atom is 0.257 e. The van der Waals surface area contributed by atoms with E-state index in [0.29, 0.717) is 29.7 Å². The van der Waals surface area contributed by atoms with E-state index in [1.807, 2.05) is 4.90 Å². The summed E-state index contributed by atoms with van der Waals surface area (Å²) in [5.74, 6) is 1.58. The first kappa shape index (κ1) is 14.8. The molecule has 0 saturated carbocycles. The molecule has 4 heteroatoms. The van der Waals surface area contributed by atoms with Crippen LogP contribution in [0.15, 0.2) is 16.7 Å². The molecule has 0 bridgehead atoms. The average Bonchev–Trinajstić information content (AvgIpc) is 2.74. The molecular formula is C14H24N2O2. The second-order valence-electron chi connectivity index (χ2n) is 5.50. The van der Waals surface area contributed by atoms with Crippen LogP contribution in [0, 0.1) is 11.8 Å². The van der Waals surface area contributed by atoms with Gasteiger partial charge in [-0.1, -0.05) is 27.7 Å². The van der Waals surface area contributed by atoms with Crippen LogP contribution in [0.2, 0.25) is 0 Å². The molecule has 4 nitrogen and oxygen atoms in total. The van der Waals surface area contributed by atoms with Gasteiger partial charge in [-0.15, -0.1) is 0 Å². The molecule has 0 aliphatic carbocycles. The van der Waals surface area contributed by atoms with Crippen molar-refractivity contribution in [2.75, 3.05) is 13.1 Å². The largest absolute Gasteiger partial charge is 0.467 e. The second kappa shape index (κ2) is 6.59. The minimum absolute atomic E-state index is 0.0286. The smallest absolute Gasteiger partial charge is 0.257 e. The van der Waals surface area contributed by atoms with Crippen molar-refractivity contribution in [3.63, 3.8) is 0 Å².